The van der Waals surface area contributed by atoms with Gasteiger partial charge in [-0.1, -0.05) is 233 Å². The predicted molar refractivity (Wildman–Crippen MR) is 467 cm³/mol. The Labute approximate surface area is 770 Å². The standard InChI is InChI=1S/C96H158O34/c1-17-20-23-25-27-29-31-33-35-37-41-45-50-55-74(106)124-78-60(5)111-93(87(120-70(15)104)83(78)117-67(12)101)128-80-62(7)112-94(90(126-76(108)57-51-46-42-38-36-34-32-30-28-26-24-21-18-2)85(80)129-96-88(121-71(16)105)86(119-69(14)103)81(115-65(10)99)73(123-96)58-109-63(8)97)127-79-61(6)113-95-89(84(79)118-68(13)102)125-75(107)56-52-47-43-39-40-44-49-54-72(53-48-22-19-3)122-92-91(130-95)82(116-66(11)100)77(59(4)110-92)114-64(9)98/h59-62,72-73,77-96H,17-58H2,1-16H3/t59-,60+,61+,62-,72+,73-,77+,78+,79+,80+,81-,82+,83-,84-,85-,86+,87-,88-,89-,90-,91-,92+,93+,94+,95+,96+/m1/s1. The molecule has 0 N–H and O–H groups in total. The van der Waals surface area contributed by atoms with Crippen LogP contribution in [0, 0.1) is 0 Å². The van der Waals surface area contributed by atoms with Gasteiger partial charge in [0, 0.05) is 81.6 Å². The fourth-order valence-electron chi connectivity index (χ4n) is 17.8. The maximum Gasteiger partial charge on any atom is 0.306 e. The summed E-state index contributed by atoms with van der Waals surface area (Å²) in [6, 6.07) is 0. The number of unbranched alkanes of at least 4 members (excludes halogenated alkanes) is 26. The molecule has 0 aliphatic carbocycles. The molecule has 0 aromatic rings. The molecule has 6 rings (SSSR count). The number of rotatable bonds is 50. The molecule has 6 saturated heterocycles. The highest BCUT2D eigenvalue weighted by molar-refractivity contribution is 5.72. The molecule has 0 amide bonds. The van der Waals surface area contributed by atoms with E-state index in [1.54, 1.807) is 6.92 Å². The number of carbonyl (C=O) groups is 12. The summed E-state index contributed by atoms with van der Waals surface area (Å²) in [5.41, 5.74) is 0. The van der Waals surface area contributed by atoms with Crippen LogP contribution in [0.25, 0.3) is 0 Å². The number of carbonyl (C=O) groups excluding carboxylic acids is 12. The molecule has 34 nitrogen and oxygen atoms in total. The van der Waals surface area contributed by atoms with E-state index in [-0.39, 0.29) is 25.7 Å². The van der Waals surface area contributed by atoms with E-state index in [0.717, 1.165) is 177 Å². The Hall–Kier alpha value is -6.76. The molecule has 130 heavy (non-hydrogen) atoms. The van der Waals surface area contributed by atoms with Crippen LogP contribution in [-0.4, -0.2) is 238 Å². The lowest BCUT2D eigenvalue weighted by Gasteiger charge is -2.52. The van der Waals surface area contributed by atoms with Crippen molar-refractivity contribution in [3.63, 3.8) is 0 Å². The van der Waals surface area contributed by atoms with Gasteiger partial charge in [-0.25, -0.2) is 0 Å². The zero-order chi connectivity index (χ0) is 95.2. The van der Waals surface area contributed by atoms with Crippen LogP contribution >= 0.6 is 0 Å². The minimum atomic E-state index is -2.12. The highest BCUT2D eigenvalue weighted by atomic mass is 16.8. The first-order chi connectivity index (χ1) is 62.2. The third kappa shape index (κ3) is 40.0. The normalized spacial score (nSPS) is 31.0. The van der Waals surface area contributed by atoms with E-state index >= 15 is 4.79 Å². The van der Waals surface area contributed by atoms with Crippen molar-refractivity contribution < 1.29 is 162 Å². The lowest BCUT2D eigenvalue weighted by molar-refractivity contribution is -0.400. The van der Waals surface area contributed by atoms with Crippen LogP contribution in [0.3, 0.4) is 0 Å². The first kappa shape index (κ1) is 112. The molecule has 6 aliphatic heterocycles. The monoisotopic (exact) mass is 1860 g/mol. The highest BCUT2D eigenvalue weighted by Crippen LogP contribution is 2.43. The van der Waals surface area contributed by atoms with Crippen molar-refractivity contribution in [1.82, 2.24) is 0 Å². The zero-order valence-corrected chi connectivity index (χ0v) is 80.6. The van der Waals surface area contributed by atoms with E-state index in [2.05, 4.69) is 20.8 Å². The second-order valence-corrected chi connectivity index (χ2v) is 35.8. The Bertz CT molecular complexity index is 3370. The third-order valence-corrected chi connectivity index (χ3v) is 24.2. The lowest BCUT2D eigenvalue weighted by atomic mass is 9.94. The Morgan fingerprint density at radius 1 is 0.285 bits per heavy atom. The summed E-state index contributed by atoms with van der Waals surface area (Å²) in [7, 11) is 0. The molecule has 0 spiro atoms. The molecular formula is C96H158O34. The summed E-state index contributed by atoms with van der Waals surface area (Å²) in [5, 5.41) is 0. The second-order valence-electron chi connectivity index (χ2n) is 35.8. The summed E-state index contributed by atoms with van der Waals surface area (Å²) < 4.78 is 142. The van der Waals surface area contributed by atoms with Crippen molar-refractivity contribution in [1.29, 1.82) is 0 Å². The smallest absolute Gasteiger partial charge is 0.306 e. The van der Waals surface area contributed by atoms with Crippen LogP contribution < -0.4 is 0 Å². The molecule has 6 fully saturated rings. The van der Waals surface area contributed by atoms with Gasteiger partial charge in [0.15, 0.2) is 105 Å². The van der Waals surface area contributed by atoms with Crippen LogP contribution in [0.1, 0.15) is 374 Å². The SMILES string of the molecule is CCCCCCCCCCCCCCCC(=O)O[C@@H]1[C@@H](OC(C)=O)[C@@H](OC(C)=O)[C@H](O[C@@H]2[C@@H](O[C@@H]3O[C@H](COC(C)=O)[C@@H](OC(C)=O)[C@H](OC(C)=O)[C@H]3OC(C)=O)[C@@H](OC(=O)CCCCCCCCCCCCCCC)[C@H](O[C@@H]3[C@@H](OC(C)=O)[C@H]4OC(=O)CCCCCCCCC[C@H](CCCCC)O[C@@H]5O[C@H](C)[C@H](OC(C)=O)[C@H](OC(C)=O)[C@H]5O[C@@H]4O[C@H]3C)O[C@@H]2C)O[C@H]1C. The van der Waals surface area contributed by atoms with E-state index in [9.17, 15) is 52.7 Å². The molecule has 0 saturated carbocycles. The maximum absolute atomic E-state index is 15.4. The van der Waals surface area contributed by atoms with Gasteiger partial charge in [0.2, 0.25) is 0 Å². The fourth-order valence-corrected chi connectivity index (χ4v) is 17.8. The van der Waals surface area contributed by atoms with Gasteiger partial charge in [-0.15, -0.1) is 0 Å². The number of hydrogen-bond donors (Lipinski definition) is 0. The van der Waals surface area contributed by atoms with Crippen molar-refractivity contribution in [3.8, 4) is 0 Å². The number of esters is 12. The van der Waals surface area contributed by atoms with Crippen LogP contribution in [-0.2, 0) is 162 Å². The van der Waals surface area contributed by atoms with Gasteiger partial charge in [-0.2, -0.15) is 0 Å². The fraction of sp³-hybridized carbons (Fsp3) is 0.875. The van der Waals surface area contributed by atoms with Gasteiger partial charge in [-0.3, -0.25) is 57.5 Å². The molecule has 0 bridgehead atoms. The molecule has 0 radical (unpaired) electrons. The van der Waals surface area contributed by atoms with Crippen molar-refractivity contribution in [2.24, 2.45) is 0 Å². The Balaban J connectivity index is 1.54. The number of hydrogen-bond acceptors (Lipinski definition) is 34. The number of ether oxygens (including phenoxy) is 22. The van der Waals surface area contributed by atoms with Gasteiger partial charge in [-0.05, 0) is 59.8 Å². The van der Waals surface area contributed by atoms with E-state index in [4.69, 9.17) is 104 Å². The molecule has 0 aromatic carbocycles. The largest absolute Gasteiger partial charge is 0.463 e. The first-order valence-corrected chi connectivity index (χ1v) is 48.9. The zero-order valence-electron chi connectivity index (χ0n) is 80.6. The Morgan fingerprint density at radius 2 is 0.600 bits per heavy atom. The molecule has 0 unspecified atom stereocenters. The van der Waals surface area contributed by atoms with Gasteiger partial charge in [0.1, 0.15) is 31.0 Å². The molecule has 746 valence electrons. The molecular weight excluding hydrogens is 1700 g/mol. The van der Waals surface area contributed by atoms with Gasteiger partial charge >= 0.3 is 71.6 Å². The van der Waals surface area contributed by atoms with E-state index in [1.165, 1.54) is 105 Å². The molecule has 26 atom stereocenters. The minimum absolute atomic E-state index is 0.0281. The average molecular weight is 1860 g/mol. The summed E-state index contributed by atoms with van der Waals surface area (Å²) in [5.74, 6) is -10.6. The average Bonchev–Trinajstić information content (AvgIpc) is 0.757. The van der Waals surface area contributed by atoms with Gasteiger partial charge in [0.05, 0.1) is 30.5 Å². The van der Waals surface area contributed by atoms with Crippen LogP contribution in [0.4, 0.5) is 0 Å². The summed E-state index contributed by atoms with van der Waals surface area (Å²) in [6.45, 7) is 21.6. The quantitative estimate of drug-likeness (QED) is 0.0310. The first-order valence-electron chi connectivity index (χ1n) is 48.9. The maximum atomic E-state index is 15.4. The van der Waals surface area contributed by atoms with Crippen LogP contribution in [0.5, 0.6) is 0 Å². The molecule has 6 aliphatic rings. The molecule has 34 heteroatoms. The predicted octanol–water partition coefficient (Wildman–Crippen LogP) is 15.4. The van der Waals surface area contributed by atoms with Crippen LogP contribution in [0.2, 0.25) is 0 Å². The summed E-state index contributed by atoms with van der Waals surface area (Å²) in [4.78, 5) is 165. The Morgan fingerprint density at radius 3 is 1.05 bits per heavy atom. The minimum Gasteiger partial charge on any atom is -0.463 e. The topological polar surface area (TPSA) is 408 Å². The molecule has 6 heterocycles. The van der Waals surface area contributed by atoms with Crippen molar-refractivity contribution in [2.45, 2.75) is 534 Å². The van der Waals surface area contributed by atoms with E-state index in [0.29, 0.717) is 38.5 Å². The second kappa shape index (κ2) is 61.3. The van der Waals surface area contributed by atoms with Crippen LogP contribution in [0.15, 0.2) is 0 Å². The van der Waals surface area contributed by atoms with Gasteiger partial charge < -0.3 is 104 Å². The Kier molecular flexibility index (Phi) is 52.8. The van der Waals surface area contributed by atoms with Crippen molar-refractivity contribution in [2.75, 3.05) is 6.61 Å². The van der Waals surface area contributed by atoms with Gasteiger partial charge in [0.25, 0.3) is 0 Å². The molecule has 0 aromatic heterocycles. The lowest BCUT2D eigenvalue weighted by Crippen LogP contribution is -2.69. The van der Waals surface area contributed by atoms with E-state index in [1.807, 2.05) is 0 Å². The summed E-state index contributed by atoms with van der Waals surface area (Å²) in [6.07, 6.45) is -7.60. The van der Waals surface area contributed by atoms with Crippen molar-refractivity contribution >= 4 is 71.6 Å². The van der Waals surface area contributed by atoms with E-state index < -0.39 is 238 Å². The third-order valence-electron chi connectivity index (χ3n) is 24.2. The highest BCUT2D eigenvalue weighted by Gasteiger charge is 2.62. The summed E-state index contributed by atoms with van der Waals surface area (Å²) >= 11 is 0. The van der Waals surface area contributed by atoms with Crippen molar-refractivity contribution in [3.05, 3.63) is 0 Å². The number of fused-ring (bicyclic) bond motifs is 2.